The van der Waals surface area contributed by atoms with Crippen LogP contribution in [0, 0.1) is 0 Å². The summed E-state index contributed by atoms with van der Waals surface area (Å²) in [6, 6.07) is 17.2. The monoisotopic (exact) mass is 368 g/mol. The van der Waals surface area contributed by atoms with Crippen LogP contribution in [-0.2, 0) is 4.74 Å². The number of hydrogen-bond acceptors (Lipinski definition) is 3. The van der Waals surface area contributed by atoms with Crippen molar-refractivity contribution in [2.45, 2.75) is 0 Å². The highest BCUT2D eigenvalue weighted by Crippen LogP contribution is 2.29. The maximum Gasteiger partial charge on any atom is 0.0713 e. The highest BCUT2D eigenvalue weighted by Gasteiger charge is 2.11. The van der Waals surface area contributed by atoms with E-state index in [1.165, 1.54) is 16.8 Å². The molecule has 0 bridgehead atoms. The molecule has 3 nitrogen and oxygen atoms in total. The van der Waals surface area contributed by atoms with Crippen LogP contribution in [0.4, 0.5) is 5.69 Å². The van der Waals surface area contributed by atoms with Crippen molar-refractivity contribution in [2.75, 3.05) is 31.2 Å². The van der Waals surface area contributed by atoms with Gasteiger partial charge in [0.25, 0.3) is 0 Å². The van der Waals surface area contributed by atoms with E-state index in [2.05, 4.69) is 68.3 Å². The summed E-state index contributed by atoms with van der Waals surface area (Å²) in [5.41, 5.74) is 4.70. The van der Waals surface area contributed by atoms with E-state index < -0.39 is 0 Å². The first-order valence-electron chi connectivity index (χ1n) is 7.79. The van der Waals surface area contributed by atoms with Crippen LogP contribution in [0.2, 0.25) is 0 Å². The molecule has 0 N–H and O–H groups in total. The van der Waals surface area contributed by atoms with E-state index >= 15 is 0 Å². The van der Waals surface area contributed by atoms with Crippen LogP contribution in [0.15, 0.2) is 59.2 Å². The number of halogens is 1. The lowest BCUT2D eigenvalue weighted by atomic mass is 10.0. The Hall–Kier alpha value is -1.91. The van der Waals surface area contributed by atoms with Gasteiger partial charge in [-0.25, -0.2) is 0 Å². The van der Waals surface area contributed by atoms with E-state index in [9.17, 15) is 0 Å². The Balaban J connectivity index is 1.66. The quantitative estimate of drug-likeness (QED) is 0.665. The maximum atomic E-state index is 5.41. The molecule has 0 unspecified atom stereocenters. The van der Waals surface area contributed by atoms with Crippen LogP contribution >= 0.6 is 15.9 Å². The summed E-state index contributed by atoms with van der Waals surface area (Å²) >= 11 is 3.61. The molecule has 3 aromatic rings. The van der Waals surface area contributed by atoms with E-state index in [1.807, 2.05) is 12.3 Å². The standard InChI is InChI=1S/C19H17BrN2O/c20-18-7-8-21-19-6-3-15(13-17(18)19)14-1-4-16(5-2-14)22-9-11-23-12-10-22/h1-8,13H,9-12H2. The summed E-state index contributed by atoms with van der Waals surface area (Å²) in [7, 11) is 0. The van der Waals surface area contributed by atoms with Crippen LogP contribution in [-0.4, -0.2) is 31.3 Å². The fourth-order valence-corrected chi connectivity index (χ4v) is 3.41. The molecule has 23 heavy (non-hydrogen) atoms. The van der Waals surface area contributed by atoms with Crippen molar-refractivity contribution >= 4 is 32.5 Å². The Morgan fingerprint density at radius 1 is 0.913 bits per heavy atom. The molecule has 0 saturated carbocycles. The molecule has 0 radical (unpaired) electrons. The smallest absolute Gasteiger partial charge is 0.0713 e. The van der Waals surface area contributed by atoms with Crippen molar-refractivity contribution in [3.8, 4) is 11.1 Å². The van der Waals surface area contributed by atoms with E-state index in [-0.39, 0.29) is 0 Å². The molecule has 1 aliphatic rings. The van der Waals surface area contributed by atoms with Crippen LogP contribution < -0.4 is 4.90 Å². The first-order valence-corrected chi connectivity index (χ1v) is 8.58. The second-order valence-corrected chi connectivity index (χ2v) is 6.53. The van der Waals surface area contributed by atoms with Crippen molar-refractivity contribution in [3.05, 3.63) is 59.2 Å². The number of hydrogen-bond donors (Lipinski definition) is 0. The summed E-state index contributed by atoms with van der Waals surface area (Å²) < 4.78 is 6.49. The van der Waals surface area contributed by atoms with Crippen molar-refractivity contribution < 1.29 is 4.74 Å². The molecule has 0 amide bonds. The highest BCUT2D eigenvalue weighted by molar-refractivity contribution is 9.10. The first kappa shape index (κ1) is 14.7. The van der Waals surface area contributed by atoms with Gasteiger partial charge in [-0.05, 0) is 41.5 Å². The van der Waals surface area contributed by atoms with Gasteiger partial charge >= 0.3 is 0 Å². The second kappa shape index (κ2) is 6.30. The molecule has 2 heterocycles. The van der Waals surface area contributed by atoms with Gasteiger partial charge in [-0.1, -0.05) is 34.1 Å². The minimum absolute atomic E-state index is 0.813. The number of benzene rings is 2. The predicted molar refractivity (Wildman–Crippen MR) is 97.9 cm³/mol. The fraction of sp³-hybridized carbons (Fsp3) is 0.211. The summed E-state index contributed by atoms with van der Waals surface area (Å²) in [6.45, 7) is 3.56. The largest absolute Gasteiger partial charge is 0.378 e. The predicted octanol–water partition coefficient (Wildman–Crippen LogP) is 4.50. The number of morpholine rings is 1. The lowest BCUT2D eigenvalue weighted by Crippen LogP contribution is -2.36. The third-order valence-electron chi connectivity index (χ3n) is 4.27. The highest BCUT2D eigenvalue weighted by atomic mass is 79.9. The van der Waals surface area contributed by atoms with Crippen molar-refractivity contribution in [2.24, 2.45) is 0 Å². The molecule has 0 spiro atoms. The van der Waals surface area contributed by atoms with Crippen molar-refractivity contribution in [1.82, 2.24) is 4.98 Å². The molecule has 4 heteroatoms. The number of aromatic nitrogens is 1. The van der Waals surface area contributed by atoms with E-state index in [1.54, 1.807) is 0 Å². The number of rotatable bonds is 2. The van der Waals surface area contributed by atoms with Gasteiger partial charge < -0.3 is 9.64 Å². The number of fused-ring (bicyclic) bond motifs is 1. The second-order valence-electron chi connectivity index (χ2n) is 5.67. The third-order valence-corrected chi connectivity index (χ3v) is 4.96. The van der Waals surface area contributed by atoms with Crippen LogP contribution in [0.3, 0.4) is 0 Å². The number of anilines is 1. The van der Waals surface area contributed by atoms with Gasteiger partial charge in [0.05, 0.1) is 18.7 Å². The number of pyridine rings is 1. The molecular formula is C19H17BrN2O. The zero-order valence-electron chi connectivity index (χ0n) is 12.7. The SMILES string of the molecule is Brc1ccnc2ccc(-c3ccc(N4CCOCC4)cc3)cc12. The molecule has 116 valence electrons. The lowest BCUT2D eigenvalue weighted by molar-refractivity contribution is 0.122. The van der Waals surface area contributed by atoms with Gasteiger partial charge in [-0.3, -0.25) is 4.98 Å². The summed E-state index contributed by atoms with van der Waals surface area (Å²) in [4.78, 5) is 6.77. The van der Waals surface area contributed by atoms with Gasteiger partial charge in [0.15, 0.2) is 0 Å². The van der Waals surface area contributed by atoms with Gasteiger partial charge in [0.2, 0.25) is 0 Å². The summed E-state index contributed by atoms with van der Waals surface area (Å²) in [5, 5.41) is 1.14. The van der Waals surface area contributed by atoms with Gasteiger partial charge in [-0.2, -0.15) is 0 Å². The van der Waals surface area contributed by atoms with Crippen LogP contribution in [0.5, 0.6) is 0 Å². The topological polar surface area (TPSA) is 25.4 Å². The Bertz CT molecular complexity index is 826. The normalized spacial score (nSPS) is 15.1. The van der Waals surface area contributed by atoms with Crippen molar-refractivity contribution in [1.29, 1.82) is 0 Å². The van der Waals surface area contributed by atoms with Crippen LogP contribution in [0.25, 0.3) is 22.0 Å². The average Bonchev–Trinajstić information content (AvgIpc) is 2.63. The van der Waals surface area contributed by atoms with E-state index in [0.29, 0.717) is 0 Å². The Morgan fingerprint density at radius 3 is 2.43 bits per heavy atom. The average molecular weight is 369 g/mol. The van der Waals surface area contributed by atoms with Gasteiger partial charge in [-0.15, -0.1) is 0 Å². The van der Waals surface area contributed by atoms with E-state index in [0.717, 1.165) is 41.7 Å². The Morgan fingerprint density at radius 2 is 1.65 bits per heavy atom. The summed E-state index contributed by atoms with van der Waals surface area (Å²) in [6.07, 6.45) is 1.82. The zero-order valence-corrected chi connectivity index (χ0v) is 14.3. The molecule has 0 atom stereocenters. The minimum atomic E-state index is 0.813. The number of nitrogens with zero attached hydrogens (tertiary/aromatic N) is 2. The Kier molecular flexibility index (Phi) is 4.02. The molecule has 1 aliphatic heterocycles. The van der Waals surface area contributed by atoms with Gasteiger partial charge in [0, 0.05) is 34.8 Å². The van der Waals surface area contributed by atoms with E-state index in [4.69, 9.17) is 4.74 Å². The molecular weight excluding hydrogens is 352 g/mol. The minimum Gasteiger partial charge on any atom is -0.378 e. The first-order chi connectivity index (χ1) is 11.3. The molecule has 4 rings (SSSR count). The summed E-state index contributed by atoms with van der Waals surface area (Å²) in [5.74, 6) is 0. The van der Waals surface area contributed by atoms with Crippen LogP contribution in [0.1, 0.15) is 0 Å². The lowest BCUT2D eigenvalue weighted by Gasteiger charge is -2.28. The van der Waals surface area contributed by atoms with Gasteiger partial charge in [0.1, 0.15) is 0 Å². The fourth-order valence-electron chi connectivity index (χ4n) is 2.98. The Labute approximate surface area is 144 Å². The third kappa shape index (κ3) is 2.96. The molecule has 1 aromatic heterocycles. The number of ether oxygens (including phenoxy) is 1. The molecule has 1 saturated heterocycles. The molecule has 2 aromatic carbocycles. The molecule has 1 fully saturated rings. The van der Waals surface area contributed by atoms with Crippen molar-refractivity contribution in [3.63, 3.8) is 0 Å². The zero-order chi connectivity index (χ0) is 15.6. The molecule has 0 aliphatic carbocycles. The maximum absolute atomic E-state index is 5.41.